The van der Waals surface area contributed by atoms with E-state index >= 15 is 0 Å². The van der Waals surface area contributed by atoms with Gasteiger partial charge < -0.3 is 23.3 Å². The van der Waals surface area contributed by atoms with Gasteiger partial charge in [0.25, 0.3) is 8.53 Å². The third-order valence-electron chi connectivity index (χ3n) is 2.90. The summed E-state index contributed by atoms with van der Waals surface area (Å²) in [5.74, 6) is 0. The summed E-state index contributed by atoms with van der Waals surface area (Å²) in [5, 5.41) is 8.67. The second-order valence-electron chi connectivity index (χ2n) is 5.60. The van der Waals surface area contributed by atoms with Crippen molar-refractivity contribution in [3.63, 3.8) is 0 Å². The van der Waals surface area contributed by atoms with Crippen molar-refractivity contribution in [2.24, 2.45) is 0 Å². The Morgan fingerprint density at radius 1 is 0.833 bits per heavy atom. The van der Waals surface area contributed by atoms with Gasteiger partial charge in [0.05, 0.1) is 58.7 Å². The lowest BCUT2D eigenvalue weighted by molar-refractivity contribution is 0.0164. The fourth-order valence-corrected chi connectivity index (χ4v) is 3.53. The number of hydrogen-bond acceptors (Lipinski definition) is 7. The van der Waals surface area contributed by atoms with E-state index < -0.39 is 8.53 Å². The highest BCUT2D eigenvalue weighted by atomic mass is 31.2. The van der Waals surface area contributed by atoms with Gasteiger partial charge in [-0.2, -0.15) is 5.26 Å². The first-order valence-electron chi connectivity index (χ1n) is 8.40. The molecule has 0 bridgehead atoms. The van der Waals surface area contributed by atoms with Crippen molar-refractivity contribution in [3.05, 3.63) is 0 Å². The zero-order chi connectivity index (χ0) is 18.2. The molecule has 8 heteroatoms. The summed E-state index contributed by atoms with van der Waals surface area (Å²) in [4.78, 5) is 0. The van der Waals surface area contributed by atoms with Crippen molar-refractivity contribution in [2.75, 3.05) is 53.4 Å². The molecule has 0 amide bonds. The van der Waals surface area contributed by atoms with Crippen LogP contribution < -0.4 is 0 Å². The molecule has 0 fully saturated rings. The molecule has 0 aliphatic carbocycles. The van der Waals surface area contributed by atoms with Crippen molar-refractivity contribution in [3.8, 4) is 6.07 Å². The van der Waals surface area contributed by atoms with E-state index in [0.29, 0.717) is 64.8 Å². The molecule has 0 aliphatic rings. The summed E-state index contributed by atoms with van der Waals surface area (Å²) in [5.41, 5.74) is 0. The minimum atomic E-state index is -1.19. The zero-order valence-corrected chi connectivity index (χ0v) is 16.6. The molecule has 0 aromatic rings. The van der Waals surface area contributed by atoms with Gasteiger partial charge in [0, 0.05) is 19.2 Å². The summed E-state index contributed by atoms with van der Waals surface area (Å²) < 4.78 is 29.6. The first kappa shape index (κ1) is 23.7. The first-order valence-corrected chi connectivity index (χ1v) is 9.53. The van der Waals surface area contributed by atoms with Crippen molar-refractivity contribution >= 4 is 8.53 Å². The molecule has 0 saturated heterocycles. The van der Waals surface area contributed by atoms with Gasteiger partial charge in [-0.05, 0) is 27.7 Å². The molecular formula is C16H33N2O5P. The molecule has 0 aliphatic heterocycles. The van der Waals surface area contributed by atoms with E-state index in [1.54, 1.807) is 7.11 Å². The van der Waals surface area contributed by atoms with Crippen molar-refractivity contribution < 1.29 is 23.3 Å². The van der Waals surface area contributed by atoms with Crippen LogP contribution in [0, 0.1) is 11.3 Å². The van der Waals surface area contributed by atoms with Crippen LogP contribution in [-0.2, 0) is 23.3 Å². The zero-order valence-electron chi connectivity index (χ0n) is 15.7. The molecule has 7 nitrogen and oxygen atoms in total. The van der Waals surface area contributed by atoms with E-state index in [1.807, 2.05) is 0 Å². The lowest BCUT2D eigenvalue weighted by Gasteiger charge is -2.35. The molecule has 0 N–H and O–H groups in total. The van der Waals surface area contributed by atoms with Crippen LogP contribution in [0.5, 0.6) is 0 Å². The van der Waals surface area contributed by atoms with Gasteiger partial charge in [0.15, 0.2) is 0 Å². The van der Waals surface area contributed by atoms with Gasteiger partial charge in [-0.25, -0.2) is 4.67 Å². The topological polar surface area (TPSA) is 73.2 Å². The predicted octanol–water partition coefficient (Wildman–Crippen LogP) is 2.96. The minimum Gasteiger partial charge on any atom is -0.382 e. The Balaban J connectivity index is 4.06. The van der Waals surface area contributed by atoms with Crippen molar-refractivity contribution in [1.29, 1.82) is 5.26 Å². The third kappa shape index (κ3) is 12.1. The Labute approximate surface area is 148 Å². The van der Waals surface area contributed by atoms with Gasteiger partial charge in [-0.15, -0.1) is 0 Å². The van der Waals surface area contributed by atoms with Gasteiger partial charge in [-0.1, -0.05) is 0 Å². The van der Waals surface area contributed by atoms with Crippen LogP contribution in [-0.4, -0.2) is 70.1 Å². The molecule has 1 unspecified atom stereocenters. The summed E-state index contributed by atoms with van der Waals surface area (Å²) >= 11 is 0. The first-order chi connectivity index (χ1) is 11.5. The highest BCUT2D eigenvalue weighted by molar-refractivity contribution is 7.44. The van der Waals surface area contributed by atoms with Crippen molar-refractivity contribution in [1.82, 2.24) is 4.67 Å². The van der Waals surface area contributed by atoms with E-state index in [1.165, 1.54) is 0 Å². The number of rotatable bonds is 16. The normalized spacial score (nSPS) is 13.0. The second kappa shape index (κ2) is 16.2. The van der Waals surface area contributed by atoms with Crippen LogP contribution in [0.1, 0.15) is 34.1 Å². The average Bonchev–Trinajstić information content (AvgIpc) is 2.52. The van der Waals surface area contributed by atoms with E-state index in [0.717, 1.165) is 0 Å². The van der Waals surface area contributed by atoms with Crippen LogP contribution >= 0.6 is 8.53 Å². The second-order valence-corrected chi connectivity index (χ2v) is 7.05. The smallest absolute Gasteiger partial charge is 0.259 e. The van der Waals surface area contributed by atoms with Gasteiger partial charge in [-0.3, -0.25) is 0 Å². The number of methoxy groups -OCH3 is 1. The summed E-state index contributed by atoms with van der Waals surface area (Å²) in [7, 11) is 0.452. The maximum atomic E-state index is 8.67. The van der Waals surface area contributed by atoms with Crippen molar-refractivity contribution in [2.45, 2.75) is 46.2 Å². The van der Waals surface area contributed by atoms with E-state index in [9.17, 15) is 0 Å². The van der Waals surface area contributed by atoms with Crippen LogP contribution in [0.2, 0.25) is 0 Å². The maximum absolute atomic E-state index is 8.67. The van der Waals surface area contributed by atoms with Gasteiger partial charge in [0.1, 0.15) is 0 Å². The van der Waals surface area contributed by atoms with Crippen LogP contribution in [0.15, 0.2) is 0 Å². The van der Waals surface area contributed by atoms with Gasteiger partial charge >= 0.3 is 0 Å². The molecule has 0 radical (unpaired) electrons. The number of nitriles is 1. The SMILES string of the molecule is COCCOCCOCCOP(OCCC#N)N(C(C)C)C(C)C. The summed E-state index contributed by atoms with van der Waals surface area (Å²) in [6, 6.07) is 2.69. The maximum Gasteiger partial charge on any atom is 0.259 e. The lowest BCUT2D eigenvalue weighted by atomic mass is 10.3. The largest absolute Gasteiger partial charge is 0.382 e. The minimum absolute atomic E-state index is 0.299. The molecule has 142 valence electrons. The molecule has 1 atom stereocenters. The fraction of sp³-hybridized carbons (Fsp3) is 0.938. The molecule has 0 aromatic carbocycles. The standard InChI is InChI=1S/C16H33N2O5P/c1-15(2)18(16(3)4)24(22-8-6-7-17)23-14-13-21-12-11-20-10-9-19-5/h15-16H,6,8-14H2,1-5H3. The van der Waals surface area contributed by atoms with E-state index in [2.05, 4.69) is 38.4 Å². The molecular weight excluding hydrogens is 331 g/mol. The fourth-order valence-electron chi connectivity index (χ4n) is 1.95. The van der Waals surface area contributed by atoms with Crippen LogP contribution in [0.3, 0.4) is 0 Å². The molecule has 24 heavy (non-hydrogen) atoms. The molecule has 0 saturated carbocycles. The van der Waals surface area contributed by atoms with E-state index in [-0.39, 0.29) is 0 Å². The Hall–Kier alpha value is -0.320. The molecule has 0 heterocycles. The third-order valence-corrected chi connectivity index (χ3v) is 5.00. The Bertz CT molecular complexity index is 318. The Morgan fingerprint density at radius 2 is 1.33 bits per heavy atom. The molecule has 0 rings (SSSR count). The highest BCUT2D eigenvalue weighted by Crippen LogP contribution is 2.45. The summed E-state index contributed by atoms with van der Waals surface area (Å²) in [6.45, 7) is 12.0. The molecule has 0 aromatic heterocycles. The van der Waals surface area contributed by atoms with E-state index in [4.69, 9.17) is 28.5 Å². The Morgan fingerprint density at radius 3 is 1.83 bits per heavy atom. The summed E-state index contributed by atoms with van der Waals surface area (Å²) in [6.07, 6.45) is 0.363. The quantitative estimate of drug-likeness (QED) is 0.308. The monoisotopic (exact) mass is 364 g/mol. The van der Waals surface area contributed by atoms with Gasteiger partial charge in [0.2, 0.25) is 0 Å². The number of ether oxygens (including phenoxy) is 3. The molecule has 0 spiro atoms. The van der Waals surface area contributed by atoms with Crippen LogP contribution in [0.4, 0.5) is 0 Å². The van der Waals surface area contributed by atoms with Crippen LogP contribution in [0.25, 0.3) is 0 Å². The highest BCUT2D eigenvalue weighted by Gasteiger charge is 2.26. The predicted molar refractivity (Wildman–Crippen MR) is 94.7 cm³/mol. The average molecular weight is 364 g/mol. The number of nitrogens with zero attached hydrogens (tertiary/aromatic N) is 2. The Kier molecular flexibility index (Phi) is 15.9. The lowest BCUT2D eigenvalue weighted by Crippen LogP contribution is -2.34. The number of hydrogen-bond donors (Lipinski definition) is 0.